The summed E-state index contributed by atoms with van der Waals surface area (Å²) in [7, 11) is 6.34. The Morgan fingerprint density at radius 1 is 0.839 bits per heavy atom. The van der Waals surface area contributed by atoms with E-state index in [9.17, 15) is 4.79 Å². The third kappa shape index (κ3) is 7.33. The lowest BCUT2D eigenvalue weighted by molar-refractivity contribution is 0.0949. The van der Waals surface area contributed by atoms with Crippen LogP contribution in [0.1, 0.15) is 28.8 Å². The van der Waals surface area contributed by atoms with Crippen molar-refractivity contribution in [1.82, 2.24) is 10.6 Å². The number of benzene rings is 2. The van der Waals surface area contributed by atoms with Crippen molar-refractivity contribution < 1.29 is 23.7 Å². The molecule has 7 nitrogen and oxygen atoms in total. The van der Waals surface area contributed by atoms with Crippen LogP contribution in [0.25, 0.3) is 0 Å². The number of unbranched alkanes of at least 4 members (excludes halogenated alkanes) is 1. The number of carbonyl (C=O) groups excluding carboxylic acids is 1. The first kappa shape index (κ1) is 24.8. The highest BCUT2D eigenvalue weighted by atomic mass is 79.9. The van der Waals surface area contributed by atoms with Crippen molar-refractivity contribution in [2.24, 2.45) is 0 Å². The molecule has 31 heavy (non-hydrogen) atoms. The standard InChI is InChI=1S/C23H31BrN2O5/c1-28-19-8-7-16(13-20(19)29-2)9-12-25-10-5-6-11-26-23(27)18-14-17(24)15-21(30-3)22(18)31-4/h7-8,13-15,25H,5-6,9-12H2,1-4H3,(H,26,27). The number of methoxy groups -OCH3 is 4. The first-order valence-corrected chi connectivity index (χ1v) is 10.9. The van der Waals surface area contributed by atoms with Gasteiger partial charge in [0.25, 0.3) is 5.91 Å². The van der Waals surface area contributed by atoms with Gasteiger partial charge in [-0.1, -0.05) is 22.0 Å². The van der Waals surface area contributed by atoms with Gasteiger partial charge < -0.3 is 29.6 Å². The summed E-state index contributed by atoms with van der Waals surface area (Å²) in [5.74, 6) is 2.24. The molecule has 0 aromatic heterocycles. The summed E-state index contributed by atoms with van der Waals surface area (Å²) in [5.41, 5.74) is 1.64. The fraction of sp³-hybridized carbons (Fsp3) is 0.435. The second-order valence-corrected chi connectivity index (χ2v) is 7.76. The van der Waals surface area contributed by atoms with Crippen molar-refractivity contribution in [3.05, 3.63) is 45.9 Å². The van der Waals surface area contributed by atoms with E-state index >= 15 is 0 Å². The predicted octanol–water partition coefficient (Wildman–Crippen LogP) is 3.83. The third-order valence-corrected chi connectivity index (χ3v) is 5.25. The smallest absolute Gasteiger partial charge is 0.255 e. The largest absolute Gasteiger partial charge is 0.493 e. The minimum atomic E-state index is -0.183. The van der Waals surface area contributed by atoms with Crippen LogP contribution in [0.4, 0.5) is 0 Å². The summed E-state index contributed by atoms with van der Waals surface area (Å²) in [5, 5.41) is 6.38. The van der Waals surface area contributed by atoms with Crippen molar-refractivity contribution in [3.63, 3.8) is 0 Å². The molecule has 0 heterocycles. The fourth-order valence-corrected chi connectivity index (χ4v) is 3.60. The Bertz CT molecular complexity index is 860. The highest BCUT2D eigenvalue weighted by Gasteiger charge is 2.17. The van der Waals surface area contributed by atoms with Crippen LogP contribution in [0.3, 0.4) is 0 Å². The van der Waals surface area contributed by atoms with Crippen LogP contribution in [0.2, 0.25) is 0 Å². The quantitative estimate of drug-likeness (QED) is 0.412. The second kappa shape index (κ2) is 13.1. The second-order valence-electron chi connectivity index (χ2n) is 6.84. The van der Waals surface area contributed by atoms with Gasteiger partial charge in [-0.25, -0.2) is 0 Å². The van der Waals surface area contributed by atoms with E-state index in [-0.39, 0.29) is 5.91 Å². The van der Waals surface area contributed by atoms with Crippen molar-refractivity contribution >= 4 is 21.8 Å². The zero-order valence-corrected chi connectivity index (χ0v) is 20.1. The number of rotatable bonds is 13. The summed E-state index contributed by atoms with van der Waals surface area (Å²) >= 11 is 3.40. The molecule has 0 aliphatic heterocycles. The van der Waals surface area contributed by atoms with Gasteiger partial charge in [0.15, 0.2) is 23.0 Å². The molecule has 0 atom stereocenters. The van der Waals surface area contributed by atoms with E-state index in [0.717, 1.165) is 48.3 Å². The number of halogens is 1. The van der Waals surface area contributed by atoms with Crippen molar-refractivity contribution in [1.29, 1.82) is 0 Å². The maximum atomic E-state index is 12.5. The van der Waals surface area contributed by atoms with Crippen LogP contribution in [0, 0.1) is 0 Å². The Hall–Kier alpha value is -2.45. The minimum absolute atomic E-state index is 0.183. The normalized spacial score (nSPS) is 10.5. The van der Waals surface area contributed by atoms with Crippen molar-refractivity contribution in [2.75, 3.05) is 48.1 Å². The van der Waals surface area contributed by atoms with Crippen LogP contribution in [-0.4, -0.2) is 54.0 Å². The van der Waals surface area contributed by atoms with Crippen LogP contribution >= 0.6 is 15.9 Å². The highest BCUT2D eigenvalue weighted by molar-refractivity contribution is 9.10. The number of hydrogen-bond acceptors (Lipinski definition) is 6. The van der Waals surface area contributed by atoms with Gasteiger partial charge in [-0.2, -0.15) is 0 Å². The molecule has 0 spiro atoms. The maximum Gasteiger partial charge on any atom is 0.255 e. The molecule has 2 rings (SSSR count). The first-order chi connectivity index (χ1) is 15.0. The van der Waals surface area contributed by atoms with Crippen molar-refractivity contribution in [3.8, 4) is 23.0 Å². The molecule has 0 fully saturated rings. The van der Waals surface area contributed by atoms with Gasteiger partial charge in [0.2, 0.25) is 0 Å². The van der Waals surface area contributed by atoms with Crippen LogP contribution in [-0.2, 0) is 6.42 Å². The Morgan fingerprint density at radius 3 is 2.23 bits per heavy atom. The van der Waals surface area contributed by atoms with Crippen LogP contribution in [0.15, 0.2) is 34.8 Å². The average molecular weight is 495 g/mol. The van der Waals surface area contributed by atoms with Gasteiger partial charge in [0.1, 0.15) is 0 Å². The van der Waals surface area contributed by atoms with Gasteiger partial charge in [-0.05, 0) is 62.2 Å². The van der Waals surface area contributed by atoms with Gasteiger partial charge >= 0.3 is 0 Å². The van der Waals surface area contributed by atoms with E-state index in [4.69, 9.17) is 18.9 Å². The van der Waals surface area contributed by atoms with E-state index in [1.54, 1.807) is 33.5 Å². The summed E-state index contributed by atoms with van der Waals surface area (Å²) in [6.07, 6.45) is 2.75. The molecule has 2 aromatic rings. The molecule has 2 N–H and O–H groups in total. The number of hydrogen-bond donors (Lipinski definition) is 2. The number of ether oxygens (including phenoxy) is 4. The first-order valence-electron chi connectivity index (χ1n) is 10.1. The van der Waals surface area contributed by atoms with Gasteiger partial charge in [0.05, 0.1) is 34.0 Å². The Kier molecular flexibility index (Phi) is 10.5. The van der Waals surface area contributed by atoms with Gasteiger partial charge in [-0.15, -0.1) is 0 Å². The fourth-order valence-electron chi connectivity index (χ4n) is 3.17. The molecule has 0 aliphatic rings. The zero-order chi connectivity index (χ0) is 22.6. The molecule has 170 valence electrons. The number of amides is 1. The monoisotopic (exact) mass is 494 g/mol. The van der Waals surface area contributed by atoms with E-state index in [1.807, 2.05) is 18.2 Å². The van der Waals surface area contributed by atoms with E-state index in [1.165, 1.54) is 12.7 Å². The molecular formula is C23H31BrN2O5. The Labute approximate surface area is 192 Å². The minimum Gasteiger partial charge on any atom is -0.493 e. The van der Waals surface area contributed by atoms with E-state index in [2.05, 4.69) is 26.6 Å². The molecule has 1 amide bonds. The molecule has 0 radical (unpaired) electrons. The van der Waals surface area contributed by atoms with Crippen molar-refractivity contribution in [2.45, 2.75) is 19.3 Å². The number of nitrogens with one attached hydrogen (secondary N) is 2. The topological polar surface area (TPSA) is 78.1 Å². The summed E-state index contributed by atoms with van der Waals surface area (Å²) < 4.78 is 22.0. The lowest BCUT2D eigenvalue weighted by Crippen LogP contribution is -2.26. The molecule has 0 aliphatic carbocycles. The van der Waals surface area contributed by atoms with Gasteiger partial charge in [0, 0.05) is 11.0 Å². The van der Waals surface area contributed by atoms with Gasteiger partial charge in [-0.3, -0.25) is 4.79 Å². The average Bonchev–Trinajstić information content (AvgIpc) is 2.79. The molecular weight excluding hydrogens is 464 g/mol. The SMILES string of the molecule is COc1ccc(CCNCCCCNC(=O)c2cc(Br)cc(OC)c2OC)cc1OC. The molecule has 0 bridgehead atoms. The lowest BCUT2D eigenvalue weighted by Gasteiger charge is -2.13. The zero-order valence-electron chi connectivity index (χ0n) is 18.5. The molecule has 2 aromatic carbocycles. The summed E-state index contributed by atoms with van der Waals surface area (Å²) in [4.78, 5) is 12.5. The molecule has 0 unspecified atom stereocenters. The Balaban J connectivity index is 1.68. The third-order valence-electron chi connectivity index (χ3n) is 4.79. The van der Waals surface area contributed by atoms with E-state index in [0.29, 0.717) is 23.6 Å². The Morgan fingerprint density at radius 2 is 1.55 bits per heavy atom. The molecule has 0 saturated carbocycles. The summed E-state index contributed by atoms with van der Waals surface area (Å²) in [6.45, 7) is 2.35. The van der Waals surface area contributed by atoms with Crippen LogP contribution in [0.5, 0.6) is 23.0 Å². The molecule has 0 saturated heterocycles. The highest BCUT2D eigenvalue weighted by Crippen LogP contribution is 2.34. The van der Waals surface area contributed by atoms with E-state index < -0.39 is 0 Å². The lowest BCUT2D eigenvalue weighted by atomic mass is 10.1. The maximum absolute atomic E-state index is 12.5. The molecule has 8 heteroatoms. The number of carbonyl (C=O) groups is 1. The van der Waals surface area contributed by atoms with Crippen LogP contribution < -0.4 is 29.6 Å². The predicted molar refractivity (Wildman–Crippen MR) is 125 cm³/mol. The summed E-state index contributed by atoms with van der Waals surface area (Å²) in [6, 6.07) is 9.47.